The number of amides is 2. The Kier molecular flexibility index (Phi) is 7.98. The van der Waals surface area contributed by atoms with Crippen LogP contribution in [0.3, 0.4) is 0 Å². The highest BCUT2D eigenvalue weighted by molar-refractivity contribution is 5.91. The van der Waals surface area contributed by atoms with Crippen molar-refractivity contribution in [2.75, 3.05) is 32.8 Å². The second kappa shape index (κ2) is 12.0. The molecule has 1 aliphatic carbocycles. The van der Waals surface area contributed by atoms with Gasteiger partial charge in [-0.1, -0.05) is 78.9 Å². The maximum atomic E-state index is 14.1. The number of ether oxygens (including phenoxy) is 1. The van der Waals surface area contributed by atoms with E-state index in [1.165, 1.54) is 5.56 Å². The molecular formula is C34H37N3O5. The molecule has 6 rings (SSSR count). The molecule has 1 atom stereocenters. The highest BCUT2D eigenvalue weighted by Crippen LogP contribution is 2.44. The van der Waals surface area contributed by atoms with Gasteiger partial charge in [0, 0.05) is 38.6 Å². The summed E-state index contributed by atoms with van der Waals surface area (Å²) in [7, 11) is 0. The Hall–Kier alpha value is -4.17. The molecule has 218 valence electrons. The molecule has 2 fully saturated rings. The zero-order valence-corrected chi connectivity index (χ0v) is 23.7. The van der Waals surface area contributed by atoms with E-state index in [4.69, 9.17) is 4.74 Å². The van der Waals surface area contributed by atoms with Crippen molar-refractivity contribution in [1.29, 1.82) is 0 Å². The Morgan fingerprint density at radius 2 is 1.48 bits per heavy atom. The fourth-order valence-corrected chi connectivity index (χ4v) is 6.82. The minimum atomic E-state index is -1.14. The van der Waals surface area contributed by atoms with Crippen LogP contribution in [0.4, 0.5) is 4.79 Å². The number of carboxylic acids is 1. The highest BCUT2D eigenvalue weighted by atomic mass is 16.5. The van der Waals surface area contributed by atoms with Crippen molar-refractivity contribution in [3.8, 4) is 11.1 Å². The molecule has 1 unspecified atom stereocenters. The van der Waals surface area contributed by atoms with Crippen LogP contribution in [0.25, 0.3) is 11.1 Å². The highest BCUT2D eigenvalue weighted by Gasteiger charge is 2.46. The van der Waals surface area contributed by atoms with Crippen molar-refractivity contribution >= 4 is 18.0 Å². The third-order valence-corrected chi connectivity index (χ3v) is 9.11. The molecule has 2 amide bonds. The summed E-state index contributed by atoms with van der Waals surface area (Å²) in [6, 6.07) is 26.5. The predicted octanol–water partition coefficient (Wildman–Crippen LogP) is 4.88. The number of hydrogen-bond donors (Lipinski definition) is 2. The van der Waals surface area contributed by atoms with Crippen molar-refractivity contribution in [2.24, 2.45) is 5.92 Å². The van der Waals surface area contributed by atoms with Gasteiger partial charge in [-0.25, -0.2) is 4.79 Å². The number of carbonyl (C=O) groups is 3. The minimum Gasteiger partial charge on any atom is -0.481 e. The second-order valence-corrected chi connectivity index (χ2v) is 11.7. The zero-order chi connectivity index (χ0) is 29.1. The summed E-state index contributed by atoms with van der Waals surface area (Å²) in [6.07, 6.45) is 1.42. The van der Waals surface area contributed by atoms with Crippen LogP contribution in [0.5, 0.6) is 0 Å². The number of hydrogen-bond acceptors (Lipinski definition) is 5. The summed E-state index contributed by atoms with van der Waals surface area (Å²) in [5.74, 6) is -1.77. The average Bonchev–Trinajstić information content (AvgIpc) is 3.35. The van der Waals surface area contributed by atoms with Crippen molar-refractivity contribution in [1.82, 2.24) is 15.1 Å². The molecule has 8 nitrogen and oxygen atoms in total. The first-order valence-corrected chi connectivity index (χ1v) is 14.9. The van der Waals surface area contributed by atoms with E-state index < -0.39 is 23.5 Å². The maximum Gasteiger partial charge on any atom is 0.408 e. The molecule has 2 aliphatic heterocycles. The Morgan fingerprint density at radius 3 is 2.12 bits per heavy atom. The minimum absolute atomic E-state index is 0.0825. The molecule has 42 heavy (non-hydrogen) atoms. The van der Waals surface area contributed by atoms with Gasteiger partial charge in [0.25, 0.3) is 0 Å². The number of carboxylic acid groups (broad SMARTS) is 1. The molecule has 8 heteroatoms. The number of fused-ring (bicyclic) bond motifs is 3. The van der Waals surface area contributed by atoms with E-state index in [1.54, 1.807) is 4.90 Å². The first-order chi connectivity index (χ1) is 20.4. The SMILES string of the molecule is O=C(NC1(C(=O)N2CCCC(C(=O)O)C2)CCN(Cc2ccccc2)CC1)OCC1c2ccccc2-c2ccccc21. The summed E-state index contributed by atoms with van der Waals surface area (Å²) in [6.45, 7) is 2.83. The van der Waals surface area contributed by atoms with E-state index in [-0.39, 0.29) is 25.0 Å². The van der Waals surface area contributed by atoms with Crippen molar-refractivity contribution in [2.45, 2.75) is 43.7 Å². The summed E-state index contributed by atoms with van der Waals surface area (Å²) in [4.78, 5) is 43.1. The fraction of sp³-hybridized carbons (Fsp3) is 0.382. The number of rotatable bonds is 7. The van der Waals surface area contributed by atoms with Crippen molar-refractivity contribution in [3.63, 3.8) is 0 Å². The molecule has 0 bridgehead atoms. The molecule has 3 aliphatic rings. The lowest BCUT2D eigenvalue weighted by Crippen LogP contribution is -2.65. The van der Waals surface area contributed by atoms with Gasteiger partial charge in [0.15, 0.2) is 0 Å². The Morgan fingerprint density at radius 1 is 0.857 bits per heavy atom. The van der Waals surface area contributed by atoms with E-state index in [2.05, 4.69) is 46.6 Å². The smallest absolute Gasteiger partial charge is 0.408 e. The molecule has 0 saturated carbocycles. The number of nitrogens with one attached hydrogen (secondary N) is 1. The molecule has 0 spiro atoms. The lowest BCUT2D eigenvalue weighted by molar-refractivity contribution is -0.148. The topological polar surface area (TPSA) is 99.2 Å². The van der Waals surface area contributed by atoms with Gasteiger partial charge in [-0.2, -0.15) is 0 Å². The molecule has 0 aromatic heterocycles. The van der Waals surface area contributed by atoms with Crippen LogP contribution in [-0.2, 0) is 20.9 Å². The van der Waals surface area contributed by atoms with Crippen LogP contribution in [0, 0.1) is 5.92 Å². The first-order valence-electron chi connectivity index (χ1n) is 14.9. The normalized spacial score (nSPS) is 19.9. The number of benzene rings is 3. The van der Waals surface area contributed by atoms with Gasteiger partial charge in [-0.05, 0) is 53.5 Å². The third kappa shape index (κ3) is 5.63. The first kappa shape index (κ1) is 28.0. The molecular weight excluding hydrogens is 530 g/mol. The average molecular weight is 568 g/mol. The van der Waals surface area contributed by atoms with Crippen molar-refractivity contribution in [3.05, 3.63) is 95.6 Å². The van der Waals surface area contributed by atoms with Gasteiger partial charge < -0.3 is 20.1 Å². The van der Waals surface area contributed by atoms with E-state index in [9.17, 15) is 19.5 Å². The summed E-state index contributed by atoms with van der Waals surface area (Å²) >= 11 is 0. The fourth-order valence-electron chi connectivity index (χ4n) is 6.82. The molecule has 2 heterocycles. The zero-order valence-electron chi connectivity index (χ0n) is 23.7. The molecule has 3 aromatic rings. The molecule has 3 aromatic carbocycles. The van der Waals surface area contributed by atoms with Crippen LogP contribution in [0.1, 0.15) is 48.3 Å². The monoisotopic (exact) mass is 567 g/mol. The number of piperidine rings is 2. The number of carbonyl (C=O) groups excluding carboxylic acids is 2. The number of alkyl carbamates (subject to hydrolysis) is 1. The number of nitrogens with zero attached hydrogens (tertiary/aromatic N) is 2. The van der Waals surface area contributed by atoms with Crippen LogP contribution >= 0.6 is 0 Å². The van der Waals surface area contributed by atoms with Gasteiger partial charge in [-0.3, -0.25) is 14.5 Å². The largest absolute Gasteiger partial charge is 0.481 e. The van der Waals surface area contributed by atoms with E-state index in [0.29, 0.717) is 45.3 Å². The van der Waals surface area contributed by atoms with E-state index in [1.807, 2.05) is 42.5 Å². The molecule has 2 saturated heterocycles. The number of likely N-dealkylation sites (tertiary alicyclic amines) is 2. The van der Waals surface area contributed by atoms with Gasteiger partial charge in [0.1, 0.15) is 12.1 Å². The second-order valence-electron chi connectivity index (χ2n) is 11.7. The quantitative estimate of drug-likeness (QED) is 0.422. The van der Waals surface area contributed by atoms with Gasteiger partial charge in [0.05, 0.1) is 5.92 Å². The lowest BCUT2D eigenvalue weighted by atomic mass is 9.84. The number of aliphatic carboxylic acids is 1. The standard InChI is InChI=1S/C34H37N3O5/c38-31(39)25-11-8-18-37(22-25)32(40)34(16-19-36(20-17-34)21-24-9-2-1-3-10-24)35-33(41)42-23-30-28-14-6-4-12-26(28)27-13-5-7-15-29(27)30/h1-7,9-10,12-15,25,30H,8,11,16-23H2,(H,35,41)(H,38,39). The maximum absolute atomic E-state index is 14.1. The Balaban J connectivity index is 1.17. The van der Waals surface area contributed by atoms with Crippen LogP contribution in [-0.4, -0.2) is 71.2 Å². The summed E-state index contributed by atoms with van der Waals surface area (Å²) < 4.78 is 5.86. The van der Waals surface area contributed by atoms with Crippen molar-refractivity contribution < 1.29 is 24.2 Å². The Bertz CT molecular complexity index is 1400. The van der Waals surface area contributed by atoms with Gasteiger partial charge in [0.2, 0.25) is 5.91 Å². The summed E-state index contributed by atoms with van der Waals surface area (Å²) in [5, 5.41) is 12.6. The molecule has 2 N–H and O–H groups in total. The van der Waals surface area contributed by atoms with Gasteiger partial charge >= 0.3 is 12.1 Å². The van der Waals surface area contributed by atoms with Crippen LogP contribution in [0.2, 0.25) is 0 Å². The van der Waals surface area contributed by atoms with Crippen LogP contribution in [0.15, 0.2) is 78.9 Å². The lowest BCUT2D eigenvalue weighted by Gasteiger charge is -2.44. The van der Waals surface area contributed by atoms with E-state index >= 15 is 0 Å². The Labute approximate surface area is 246 Å². The third-order valence-electron chi connectivity index (χ3n) is 9.11. The summed E-state index contributed by atoms with van der Waals surface area (Å²) in [5.41, 5.74) is 4.60. The predicted molar refractivity (Wildman–Crippen MR) is 159 cm³/mol. The molecule has 0 radical (unpaired) electrons. The van der Waals surface area contributed by atoms with Gasteiger partial charge in [-0.15, -0.1) is 0 Å². The van der Waals surface area contributed by atoms with E-state index in [0.717, 1.165) is 28.8 Å². The van der Waals surface area contributed by atoms with Crippen LogP contribution < -0.4 is 5.32 Å².